The molecule has 0 spiro atoms. The van der Waals surface area contributed by atoms with Gasteiger partial charge < -0.3 is 15.3 Å². The fourth-order valence-electron chi connectivity index (χ4n) is 2.58. The SMILES string of the molecule is CC(C)c1oc2cc(O)ccc2c(=O)c1-c1ccc(Br)c(N)c1. The largest absolute Gasteiger partial charge is 0.508 e. The molecule has 0 unspecified atom stereocenters. The maximum absolute atomic E-state index is 13.0. The molecule has 0 bridgehead atoms. The molecule has 3 N–H and O–H groups in total. The number of hydrogen-bond acceptors (Lipinski definition) is 4. The quantitative estimate of drug-likeness (QED) is 0.641. The van der Waals surface area contributed by atoms with Crippen molar-refractivity contribution in [2.75, 3.05) is 5.73 Å². The van der Waals surface area contributed by atoms with Crippen molar-refractivity contribution in [1.82, 2.24) is 0 Å². The standard InChI is InChI=1S/C18H16BrNO3/c1-9(2)18-16(10-3-6-13(19)14(20)7-10)17(22)12-5-4-11(21)8-15(12)23-18/h3-9,21H,20H2,1-2H3. The summed E-state index contributed by atoms with van der Waals surface area (Å²) in [7, 11) is 0. The Labute approximate surface area is 141 Å². The van der Waals surface area contributed by atoms with Crippen molar-refractivity contribution < 1.29 is 9.52 Å². The second-order valence-corrected chi connectivity index (χ2v) is 6.60. The average molecular weight is 374 g/mol. The fraction of sp³-hybridized carbons (Fsp3) is 0.167. The van der Waals surface area contributed by atoms with E-state index in [0.29, 0.717) is 28.0 Å². The van der Waals surface area contributed by atoms with Crippen LogP contribution in [0.4, 0.5) is 5.69 Å². The van der Waals surface area contributed by atoms with E-state index in [9.17, 15) is 9.90 Å². The Morgan fingerprint density at radius 1 is 1.17 bits per heavy atom. The topological polar surface area (TPSA) is 76.5 Å². The summed E-state index contributed by atoms with van der Waals surface area (Å²) in [4.78, 5) is 13.0. The molecule has 2 aromatic carbocycles. The maximum Gasteiger partial charge on any atom is 0.200 e. The number of benzene rings is 2. The number of phenols is 1. The number of phenolic OH excluding ortho intramolecular Hbond substituents is 1. The average Bonchev–Trinajstić information content (AvgIpc) is 2.49. The van der Waals surface area contributed by atoms with Gasteiger partial charge in [-0.1, -0.05) is 19.9 Å². The van der Waals surface area contributed by atoms with Crippen LogP contribution in [0.15, 0.2) is 50.1 Å². The van der Waals surface area contributed by atoms with E-state index >= 15 is 0 Å². The molecule has 1 aromatic heterocycles. The van der Waals surface area contributed by atoms with Gasteiger partial charge in [-0.05, 0) is 45.8 Å². The van der Waals surface area contributed by atoms with Crippen LogP contribution in [-0.4, -0.2) is 5.11 Å². The zero-order valence-electron chi connectivity index (χ0n) is 12.8. The van der Waals surface area contributed by atoms with Crippen molar-refractivity contribution >= 4 is 32.6 Å². The van der Waals surface area contributed by atoms with Crippen molar-refractivity contribution in [3.05, 3.63) is 56.9 Å². The van der Waals surface area contributed by atoms with Crippen LogP contribution >= 0.6 is 15.9 Å². The van der Waals surface area contributed by atoms with E-state index < -0.39 is 0 Å². The first kappa shape index (κ1) is 15.6. The Kier molecular flexibility index (Phi) is 3.90. The van der Waals surface area contributed by atoms with Gasteiger partial charge in [-0.3, -0.25) is 4.79 Å². The van der Waals surface area contributed by atoms with Crippen LogP contribution in [0.5, 0.6) is 5.75 Å². The number of anilines is 1. The third-order valence-electron chi connectivity index (χ3n) is 3.71. The Hall–Kier alpha value is -2.27. The van der Waals surface area contributed by atoms with Crippen molar-refractivity contribution in [1.29, 1.82) is 0 Å². The van der Waals surface area contributed by atoms with Crippen molar-refractivity contribution in [3.63, 3.8) is 0 Å². The molecule has 5 heteroatoms. The van der Waals surface area contributed by atoms with E-state index in [-0.39, 0.29) is 17.1 Å². The molecule has 1 heterocycles. The van der Waals surface area contributed by atoms with Crippen LogP contribution in [0.25, 0.3) is 22.1 Å². The van der Waals surface area contributed by atoms with Gasteiger partial charge in [0.1, 0.15) is 17.1 Å². The van der Waals surface area contributed by atoms with Gasteiger partial charge in [0.2, 0.25) is 5.43 Å². The number of halogens is 1. The summed E-state index contributed by atoms with van der Waals surface area (Å²) in [5, 5.41) is 10.1. The van der Waals surface area contributed by atoms with E-state index in [1.54, 1.807) is 12.1 Å². The van der Waals surface area contributed by atoms with Gasteiger partial charge in [-0.2, -0.15) is 0 Å². The molecule has 118 valence electrons. The van der Waals surface area contributed by atoms with Gasteiger partial charge in [0.25, 0.3) is 0 Å². The first-order chi connectivity index (χ1) is 10.9. The molecule has 0 aliphatic carbocycles. The summed E-state index contributed by atoms with van der Waals surface area (Å²) < 4.78 is 6.71. The lowest BCUT2D eigenvalue weighted by Gasteiger charge is -2.13. The summed E-state index contributed by atoms with van der Waals surface area (Å²) in [6, 6.07) is 9.93. The van der Waals surface area contributed by atoms with E-state index in [1.165, 1.54) is 12.1 Å². The number of aromatic hydroxyl groups is 1. The van der Waals surface area contributed by atoms with Gasteiger partial charge in [0.05, 0.1) is 10.9 Å². The van der Waals surface area contributed by atoms with Crippen LogP contribution in [0.2, 0.25) is 0 Å². The highest BCUT2D eigenvalue weighted by Gasteiger charge is 2.19. The smallest absolute Gasteiger partial charge is 0.200 e. The highest BCUT2D eigenvalue weighted by atomic mass is 79.9. The lowest BCUT2D eigenvalue weighted by atomic mass is 9.96. The number of rotatable bonds is 2. The monoisotopic (exact) mass is 373 g/mol. The summed E-state index contributed by atoms with van der Waals surface area (Å²) in [6.45, 7) is 3.91. The summed E-state index contributed by atoms with van der Waals surface area (Å²) >= 11 is 3.36. The molecule has 3 aromatic rings. The first-order valence-electron chi connectivity index (χ1n) is 7.23. The van der Waals surface area contributed by atoms with Gasteiger partial charge in [-0.15, -0.1) is 0 Å². The van der Waals surface area contributed by atoms with Crippen molar-refractivity contribution in [2.24, 2.45) is 0 Å². The molecule has 23 heavy (non-hydrogen) atoms. The Bertz CT molecular complexity index is 960. The molecule has 0 radical (unpaired) electrons. The second-order valence-electron chi connectivity index (χ2n) is 5.74. The van der Waals surface area contributed by atoms with Gasteiger partial charge in [0.15, 0.2) is 0 Å². The minimum Gasteiger partial charge on any atom is -0.508 e. The Morgan fingerprint density at radius 3 is 2.57 bits per heavy atom. The zero-order valence-corrected chi connectivity index (χ0v) is 14.3. The minimum absolute atomic E-state index is 0.00863. The lowest BCUT2D eigenvalue weighted by molar-refractivity contribution is 0.470. The van der Waals surface area contributed by atoms with Crippen LogP contribution in [0.1, 0.15) is 25.5 Å². The summed E-state index contributed by atoms with van der Waals surface area (Å²) in [6.07, 6.45) is 0. The van der Waals surface area contributed by atoms with Crippen LogP contribution in [0, 0.1) is 0 Å². The van der Waals surface area contributed by atoms with Gasteiger partial charge >= 0.3 is 0 Å². The van der Waals surface area contributed by atoms with Gasteiger partial charge in [0, 0.05) is 22.1 Å². The maximum atomic E-state index is 13.0. The molecule has 3 rings (SSSR count). The predicted octanol–water partition coefficient (Wildman–Crippen LogP) is 4.63. The molecule has 0 aliphatic rings. The molecule has 0 atom stereocenters. The third-order valence-corrected chi connectivity index (χ3v) is 4.43. The molecular weight excluding hydrogens is 358 g/mol. The number of nitrogens with two attached hydrogens (primary N) is 1. The zero-order chi connectivity index (χ0) is 16.7. The van der Waals surface area contributed by atoms with E-state index in [4.69, 9.17) is 10.2 Å². The molecule has 4 nitrogen and oxygen atoms in total. The summed E-state index contributed by atoms with van der Waals surface area (Å²) in [5.74, 6) is 0.653. The van der Waals surface area contributed by atoms with E-state index in [0.717, 1.165) is 10.0 Å². The van der Waals surface area contributed by atoms with Crippen LogP contribution < -0.4 is 11.2 Å². The van der Waals surface area contributed by atoms with E-state index in [1.807, 2.05) is 26.0 Å². The third kappa shape index (κ3) is 2.72. The van der Waals surface area contributed by atoms with Crippen LogP contribution in [0.3, 0.4) is 0 Å². The van der Waals surface area contributed by atoms with E-state index in [2.05, 4.69) is 15.9 Å². The normalized spacial score (nSPS) is 11.3. The lowest BCUT2D eigenvalue weighted by Crippen LogP contribution is -2.10. The molecule has 0 saturated heterocycles. The molecule has 0 amide bonds. The highest BCUT2D eigenvalue weighted by Crippen LogP contribution is 2.33. The second kappa shape index (κ2) is 5.74. The summed E-state index contributed by atoms with van der Waals surface area (Å²) in [5.41, 5.74) is 8.00. The van der Waals surface area contributed by atoms with Crippen molar-refractivity contribution in [3.8, 4) is 16.9 Å². The Balaban J connectivity index is 2.40. The predicted molar refractivity (Wildman–Crippen MR) is 95.8 cm³/mol. The molecule has 0 aliphatic heterocycles. The fourth-order valence-corrected chi connectivity index (χ4v) is 2.82. The number of fused-ring (bicyclic) bond motifs is 1. The Morgan fingerprint density at radius 2 is 1.91 bits per heavy atom. The molecular formula is C18H16BrNO3. The number of hydrogen-bond donors (Lipinski definition) is 2. The highest BCUT2D eigenvalue weighted by molar-refractivity contribution is 9.10. The number of nitrogen functional groups attached to an aromatic ring is 1. The van der Waals surface area contributed by atoms with Gasteiger partial charge in [-0.25, -0.2) is 0 Å². The van der Waals surface area contributed by atoms with Crippen LogP contribution in [-0.2, 0) is 0 Å². The molecule has 0 saturated carbocycles. The molecule has 0 fully saturated rings. The minimum atomic E-state index is -0.128. The van der Waals surface area contributed by atoms with Crippen molar-refractivity contribution in [2.45, 2.75) is 19.8 Å². The first-order valence-corrected chi connectivity index (χ1v) is 8.03.